The molecule has 0 spiro atoms. The summed E-state index contributed by atoms with van der Waals surface area (Å²) in [5.41, 5.74) is 1.70. The molecule has 0 saturated carbocycles. The van der Waals surface area contributed by atoms with Crippen LogP contribution in [0, 0.1) is 13.8 Å². The van der Waals surface area contributed by atoms with Crippen molar-refractivity contribution in [1.82, 2.24) is 20.6 Å². The van der Waals surface area contributed by atoms with E-state index in [1.807, 2.05) is 0 Å². The zero-order chi connectivity index (χ0) is 23.6. The molecule has 0 unspecified atom stereocenters. The lowest BCUT2D eigenvalue weighted by molar-refractivity contribution is -0.755. The zero-order valence-electron chi connectivity index (χ0n) is 17.3. The Morgan fingerprint density at radius 1 is 1.15 bits per heavy atom. The Morgan fingerprint density at radius 3 is 2.64 bits per heavy atom. The minimum atomic E-state index is -4.53. The van der Waals surface area contributed by atoms with Crippen molar-refractivity contribution >= 4 is 17.6 Å². The molecule has 4 rings (SSSR count). The van der Waals surface area contributed by atoms with Gasteiger partial charge in [-0.25, -0.2) is 0 Å². The maximum atomic E-state index is 12.8. The third-order valence-electron chi connectivity index (χ3n) is 4.48. The molecule has 4 aromatic rings. The third-order valence-corrected chi connectivity index (χ3v) is 4.48. The summed E-state index contributed by atoms with van der Waals surface area (Å²) in [7, 11) is 0. The van der Waals surface area contributed by atoms with Crippen molar-refractivity contribution in [1.29, 1.82) is 0 Å². The van der Waals surface area contributed by atoms with E-state index < -0.39 is 17.8 Å². The quantitative estimate of drug-likeness (QED) is 0.441. The van der Waals surface area contributed by atoms with Crippen LogP contribution in [-0.2, 0) is 12.7 Å². The average molecular weight is 459 g/mol. The highest BCUT2D eigenvalue weighted by atomic mass is 19.4. The molecule has 10 nitrogen and oxygen atoms in total. The average Bonchev–Trinajstić information content (AvgIpc) is 3.33. The largest absolute Gasteiger partial charge is 0.424 e. The Hall–Kier alpha value is -4.29. The van der Waals surface area contributed by atoms with E-state index in [0.717, 1.165) is 17.7 Å². The number of aryl methyl sites for hydroxylation is 2. The summed E-state index contributed by atoms with van der Waals surface area (Å²) in [5, 5.41) is 21.8. The van der Waals surface area contributed by atoms with Gasteiger partial charge in [0.15, 0.2) is 11.3 Å². The smallest absolute Gasteiger partial charge is 0.416 e. The van der Waals surface area contributed by atoms with Crippen LogP contribution >= 0.6 is 0 Å². The molecule has 0 fully saturated rings. The Kier molecular flexibility index (Phi) is 5.77. The summed E-state index contributed by atoms with van der Waals surface area (Å²) in [6, 6.07) is 6.79. The Morgan fingerprint density at radius 2 is 1.97 bits per heavy atom. The normalized spacial score (nSPS) is 11.4. The number of hydrogen-bond acceptors (Lipinski definition) is 7. The van der Waals surface area contributed by atoms with Gasteiger partial charge in [0.25, 0.3) is 0 Å². The van der Waals surface area contributed by atoms with Crippen molar-refractivity contribution < 1.29 is 31.7 Å². The van der Waals surface area contributed by atoms with Gasteiger partial charge in [-0.05, 0) is 42.4 Å². The summed E-state index contributed by atoms with van der Waals surface area (Å²) in [5.74, 6) is 0.495. The van der Waals surface area contributed by atoms with E-state index in [-0.39, 0.29) is 18.1 Å². The number of hydrogen-bond donors (Lipinski definition) is 1. The second kappa shape index (κ2) is 8.68. The van der Waals surface area contributed by atoms with Gasteiger partial charge in [-0.2, -0.15) is 13.2 Å². The van der Waals surface area contributed by atoms with E-state index >= 15 is 0 Å². The number of anilines is 1. The van der Waals surface area contributed by atoms with E-state index in [4.69, 9.17) is 9.05 Å². The van der Waals surface area contributed by atoms with Crippen molar-refractivity contribution in [2.24, 2.45) is 0 Å². The number of nitrogens with one attached hydrogen (secondary N) is 1. The minimum absolute atomic E-state index is 0.0559. The fourth-order valence-electron chi connectivity index (χ4n) is 3.01. The van der Waals surface area contributed by atoms with Gasteiger partial charge in [-0.15, -0.1) is 10.2 Å². The fraction of sp³-hybridized carbons (Fsp3) is 0.200. The highest BCUT2D eigenvalue weighted by Gasteiger charge is 2.30. The van der Waals surface area contributed by atoms with Crippen LogP contribution in [0.3, 0.4) is 0 Å². The number of urea groups is 1. The molecule has 0 atom stereocenters. The van der Waals surface area contributed by atoms with Gasteiger partial charge in [0.2, 0.25) is 18.6 Å². The second-order valence-electron chi connectivity index (χ2n) is 6.97. The highest BCUT2D eigenvalue weighted by molar-refractivity contribution is 6.03. The molecular formula is C20H16F3N7O3. The molecule has 13 heteroatoms. The molecule has 0 aliphatic heterocycles. The predicted octanol–water partition coefficient (Wildman–Crippen LogP) is 4.33. The topological polar surface area (TPSA) is 125 Å². The van der Waals surface area contributed by atoms with Gasteiger partial charge in [0.1, 0.15) is 11.5 Å². The van der Waals surface area contributed by atoms with Crippen LogP contribution in [0.15, 0.2) is 51.6 Å². The maximum Gasteiger partial charge on any atom is 0.416 e. The number of rotatable bonds is 5. The van der Waals surface area contributed by atoms with E-state index in [0.29, 0.717) is 22.8 Å². The van der Waals surface area contributed by atoms with Crippen LogP contribution in [0.2, 0.25) is 0 Å². The van der Waals surface area contributed by atoms with Crippen LogP contribution in [-0.4, -0.2) is 26.7 Å². The zero-order valence-corrected chi connectivity index (χ0v) is 17.3. The number of carbonyl (C=O) groups excluding carboxylic acids is 1. The molecule has 0 radical (unpaired) electrons. The molecule has 2 amide bonds. The molecule has 0 saturated heterocycles. The van der Waals surface area contributed by atoms with Crippen molar-refractivity contribution in [2.75, 3.05) is 5.32 Å². The van der Waals surface area contributed by atoms with Gasteiger partial charge in [-0.3, -0.25) is 4.79 Å². The van der Waals surface area contributed by atoms with Gasteiger partial charge in [0, 0.05) is 0 Å². The standard InChI is InChI=1S/C20H16F3N7O3/c1-11-18(12(2)32-28-11)16-7-6-15(26-27-16)9-30-10-17(33-29-30)25-19(31)24-14-5-3-4-13(8-14)20(21,22)23/h3-8,10H,9H2,1-2H3,(H-,24,25,29,31). The highest BCUT2D eigenvalue weighted by Crippen LogP contribution is 2.31. The van der Waals surface area contributed by atoms with Gasteiger partial charge in [-0.1, -0.05) is 23.4 Å². The Bertz CT molecular complexity index is 1260. The lowest BCUT2D eigenvalue weighted by atomic mass is 10.1. The summed E-state index contributed by atoms with van der Waals surface area (Å²) >= 11 is 0. The predicted molar refractivity (Wildman–Crippen MR) is 106 cm³/mol. The van der Waals surface area contributed by atoms with E-state index in [1.54, 1.807) is 26.0 Å². The van der Waals surface area contributed by atoms with Crippen molar-refractivity contribution in [3.63, 3.8) is 0 Å². The fourth-order valence-corrected chi connectivity index (χ4v) is 3.01. The number of alkyl halides is 3. The molecule has 33 heavy (non-hydrogen) atoms. The monoisotopic (exact) mass is 459 g/mol. The first-order valence-electron chi connectivity index (χ1n) is 9.51. The molecule has 1 N–H and O–H groups in total. The number of nitrogens with zero attached hydrogens (tertiary/aromatic N) is 6. The number of benzene rings is 1. The first kappa shape index (κ1) is 21.9. The number of amides is 2. The summed E-state index contributed by atoms with van der Waals surface area (Å²) in [6.45, 7) is 3.77. The Balaban J connectivity index is 1.37. The number of carbonyl (C=O) groups is 1. The molecule has 3 aromatic heterocycles. The summed E-state index contributed by atoms with van der Waals surface area (Å²) < 4.78 is 49.8. The van der Waals surface area contributed by atoms with E-state index in [9.17, 15) is 18.0 Å². The van der Waals surface area contributed by atoms with Gasteiger partial charge < -0.3 is 19.7 Å². The molecule has 0 aliphatic carbocycles. The summed E-state index contributed by atoms with van der Waals surface area (Å²) in [6.07, 6.45) is -3.18. The van der Waals surface area contributed by atoms with Crippen LogP contribution < -0.4 is 10.00 Å². The molecule has 1 aromatic carbocycles. The molecule has 170 valence electrons. The first-order chi connectivity index (χ1) is 15.7. The lowest BCUT2D eigenvalue weighted by Gasteiger charge is -2.15. The number of aromatic nitrogens is 5. The van der Waals surface area contributed by atoms with Crippen molar-refractivity contribution in [2.45, 2.75) is 26.6 Å². The van der Waals surface area contributed by atoms with Crippen LogP contribution in [0.4, 0.5) is 29.5 Å². The molecule has 0 bridgehead atoms. The van der Waals surface area contributed by atoms with Crippen molar-refractivity contribution in [3.05, 3.63) is 70.6 Å². The van der Waals surface area contributed by atoms with Crippen LogP contribution in [0.25, 0.3) is 16.6 Å². The van der Waals surface area contributed by atoms with Crippen LogP contribution in [0.5, 0.6) is 0 Å². The maximum absolute atomic E-state index is 12.8. The third kappa shape index (κ3) is 5.14. The van der Waals surface area contributed by atoms with Crippen LogP contribution in [0.1, 0.15) is 22.7 Å². The minimum Gasteiger partial charge on any atom is -0.424 e. The van der Waals surface area contributed by atoms with Crippen molar-refractivity contribution in [3.8, 4) is 11.3 Å². The Labute approximate surface area is 184 Å². The second-order valence-corrected chi connectivity index (χ2v) is 6.97. The lowest BCUT2D eigenvalue weighted by Crippen LogP contribution is -2.35. The number of halogens is 3. The van der Waals surface area contributed by atoms with Gasteiger partial charge >= 0.3 is 6.18 Å². The SMILES string of the molecule is Cc1noc(C)c1-c1ccc(C[n+]2cc([N-]C(=O)Nc3cccc(C(F)(F)F)c3)on2)nn1. The summed E-state index contributed by atoms with van der Waals surface area (Å²) in [4.78, 5) is 12.0. The van der Waals surface area contributed by atoms with Gasteiger partial charge in [0.05, 0.1) is 22.5 Å². The van der Waals surface area contributed by atoms with E-state index in [1.165, 1.54) is 23.0 Å². The molecular weight excluding hydrogens is 443 g/mol. The molecule has 3 heterocycles. The van der Waals surface area contributed by atoms with E-state index in [2.05, 4.69) is 31.3 Å². The molecule has 0 aliphatic rings. The first-order valence-corrected chi connectivity index (χ1v) is 9.51.